The predicted molar refractivity (Wildman–Crippen MR) is 87.3 cm³/mol. The quantitative estimate of drug-likeness (QED) is 0.592. The third-order valence-corrected chi connectivity index (χ3v) is 3.74. The highest BCUT2D eigenvalue weighted by Gasteiger charge is 2.29. The number of para-hydroxylation sites is 1. The lowest BCUT2D eigenvalue weighted by molar-refractivity contribution is -0.391. The van der Waals surface area contributed by atoms with Gasteiger partial charge < -0.3 is 15.8 Å². The van der Waals surface area contributed by atoms with Gasteiger partial charge in [0.1, 0.15) is 11.4 Å². The van der Waals surface area contributed by atoms with Crippen LogP contribution >= 0.6 is 0 Å². The van der Waals surface area contributed by atoms with Crippen LogP contribution in [0.15, 0.2) is 42.6 Å². The molecule has 2 heterocycles. The Balaban J connectivity index is 2.34. The van der Waals surface area contributed by atoms with Gasteiger partial charge in [-0.3, -0.25) is 0 Å². The van der Waals surface area contributed by atoms with Gasteiger partial charge >= 0.3 is 5.82 Å². The van der Waals surface area contributed by atoms with Gasteiger partial charge in [0.15, 0.2) is 0 Å². The molecule has 0 saturated carbocycles. The Kier molecular flexibility index (Phi) is 3.53. The summed E-state index contributed by atoms with van der Waals surface area (Å²) in [6.45, 7) is 3.55. The van der Waals surface area contributed by atoms with Crippen LogP contribution in [0.4, 0.5) is 11.8 Å². The molecule has 0 unspecified atom stereocenters. The van der Waals surface area contributed by atoms with Crippen molar-refractivity contribution in [1.29, 1.82) is 0 Å². The van der Waals surface area contributed by atoms with E-state index in [9.17, 15) is 10.1 Å². The smallest absolute Gasteiger partial charge is 0.331 e. The van der Waals surface area contributed by atoms with Crippen molar-refractivity contribution in [2.45, 2.75) is 13.8 Å². The van der Waals surface area contributed by atoms with Gasteiger partial charge in [-0.25, -0.2) is 9.97 Å². The second kappa shape index (κ2) is 5.53. The second-order valence-electron chi connectivity index (χ2n) is 5.14. The summed E-state index contributed by atoms with van der Waals surface area (Å²) in [7, 11) is 0. The van der Waals surface area contributed by atoms with Crippen LogP contribution in [0.5, 0.6) is 0 Å². The molecule has 0 aliphatic carbocycles. The number of rotatable bonds is 3. The molecule has 7 nitrogen and oxygen atoms in total. The summed E-state index contributed by atoms with van der Waals surface area (Å²) >= 11 is 0. The van der Waals surface area contributed by atoms with Gasteiger partial charge in [0.05, 0.1) is 16.8 Å². The maximum absolute atomic E-state index is 11.6. The third kappa shape index (κ3) is 2.42. The second-order valence-corrected chi connectivity index (χ2v) is 5.14. The summed E-state index contributed by atoms with van der Waals surface area (Å²) in [5, 5.41) is 11.6. The highest BCUT2D eigenvalue weighted by atomic mass is 16.6. The average Bonchev–Trinajstić information content (AvgIpc) is 2.79. The van der Waals surface area contributed by atoms with Gasteiger partial charge in [-0.2, -0.15) is 4.57 Å². The van der Waals surface area contributed by atoms with Crippen LogP contribution in [-0.4, -0.2) is 19.5 Å². The third-order valence-electron chi connectivity index (χ3n) is 3.74. The molecule has 116 valence electrons. The van der Waals surface area contributed by atoms with Crippen molar-refractivity contribution < 1.29 is 4.92 Å². The van der Waals surface area contributed by atoms with Crippen LogP contribution in [0.2, 0.25) is 0 Å². The Morgan fingerprint density at radius 2 is 1.87 bits per heavy atom. The Morgan fingerprint density at radius 3 is 2.48 bits per heavy atom. The number of nitrogens with two attached hydrogens (primary N) is 1. The minimum Gasteiger partial charge on any atom is -0.368 e. The van der Waals surface area contributed by atoms with E-state index in [1.165, 1.54) is 0 Å². The van der Waals surface area contributed by atoms with Crippen molar-refractivity contribution in [3.8, 4) is 16.9 Å². The van der Waals surface area contributed by atoms with E-state index in [4.69, 9.17) is 5.73 Å². The number of nitrogen functional groups attached to an aromatic ring is 1. The van der Waals surface area contributed by atoms with Crippen molar-refractivity contribution in [2.75, 3.05) is 5.73 Å². The van der Waals surface area contributed by atoms with Crippen LogP contribution < -0.4 is 5.73 Å². The molecule has 3 rings (SSSR count). The zero-order chi connectivity index (χ0) is 16.6. The largest absolute Gasteiger partial charge is 0.368 e. The molecular weight excluding hydrogens is 294 g/mol. The van der Waals surface area contributed by atoms with Crippen LogP contribution in [-0.2, 0) is 0 Å². The number of nitrogens with zero attached hydrogens (tertiary/aromatic N) is 4. The molecule has 0 bridgehead atoms. The van der Waals surface area contributed by atoms with E-state index in [0.717, 1.165) is 11.4 Å². The molecular formula is C16H15N5O2. The highest BCUT2D eigenvalue weighted by molar-refractivity contribution is 5.73. The predicted octanol–water partition coefficient (Wildman–Crippen LogP) is 3.04. The number of hydrogen-bond acceptors (Lipinski definition) is 5. The molecule has 0 saturated heterocycles. The Labute approximate surface area is 132 Å². The first-order chi connectivity index (χ1) is 11.0. The van der Waals surface area contributed by atoms with Crippen molar-refractivity contribution in [3.05, 3.63) is 64.0 Å². The van der Waals surface area contributed by atoms with Gasteiger partial charge in [-0.1, -0.05) is 18.2 Å². The molecule has 0 fully saturated rings. The summed E-state index contributed by atoms with van der Waals surface area (Å²) in [4.78, 5) is 19.3. The van der Waals surface area contributed by atoms with E-state index in [1.54, 1.807) is 23.8 Å². The van der Waals surface area contributed by atoms with Gasteiger partial charge in [-0.15, -0.1) is 0 Å². The first-order valence-corrected chi connectivity index (χ1v) is 7.01. The highest BCUT2D eigenvalue weighted by Crippen LogP contribution is 2.37. The Morgan fingerprint density at radius 1 is 1.17 bits per heavy atom. The molecule has 3 aromatic rings. The normalized spacial score (nSPS) is 10.7. The van der Waals surface area contributed by atoms with Crippen molar-refractivity contribution in [1.82, 2.24) is 14.5 Å². The molecule has 0 radical (unpaired) electrons. The minimum absolute atomic E-state index is 0.0286. The summed E-state index contributed by atoms with van der Waals surface area (Å²) in [6.07, 6.45) is 1.54. The Bertz CT molecular complexity index is 887. The molecule has 0 amide bonds. The number of hydrogen-bond donors (Lipinski definition) is 1. The average molecular weight is 309 g/mol. The molecule has 2 aromatic heterocycles. The fourth-order valence-corrected chi connectivity index (χ4v) is 2.82. The molecule has 0 spiro atoms. The molecule has 0 aliphatic rings. The van der Waals surface area contributed by atoms with Crippen molar-refractivity contribution in [3.63, 3.8) is 0 Å². The van der Waals surface area contributed by atoms with Gasteiger partial charge in [0.2, 0.25) is 5.95 Å². The topological polar surface area (TPSA) is 99.9 Å². The van der Waals surface area contributed by atoms with Crippen LogP contribution in [0, 0.1) is 24.0 Å². The fraction of sp³-hybridized carbons (Fsp3) is 0.125. The van der Waals surface area contributed by atoms with E-state index in [1.807, 2.05) is 37.3 Å². The number of anilines is 1. The van der Waals surface area contributed by atoms with Gasteiger partial charge in [-0.05, 0) is 37.0 Å². The summed E-state index contributed by atoms with van der Waals surface area (Å²) in [5.41, 5.74) is 8.94. The van der Waals surface area contributed by atoms with Crippen LogP contribution in [0.1, 0.15) is 11.3 Å². The lowest BCUT2D eigenvalue weighted by atomic mass is 10.1. The maximum atomic E-state index is 11.6. The molecule has 0 aliphatic heterocycles. The van der Waals surface area contributed by atoms with E-state index in [0.29, 0.717) is 16.8 Å². The lowest BCUT2D eigenvalue weighted by Gasteiger charge is -2.03. The zero-order valence-electron chi connectivity index (χ0n) is 12.7. The Hall–Kier alpha value is -3.22. The van der Waals surface area contributed by atoms with Crippen LogP contribution in [0.3, 0.4) is 0 Å². The number of benzene rings is 1. The fourth-order valence-electron chi connectivity index (χ4n) is 2.82. The van der Waals surface area contributed by atoms with Crippen molar-refractivity contribution >= 4 is 11.8 Å². The molecule has 1 aromatic carbocycles. The molecule has 7 heteroatoms. The van der Waals surface area contributed by atoms with Crippen LogP contribution in [0.25, 0.3) is 16.9 Å². The van der Waals surface area contributed by atoms with E-state index < -0.39 is 0 Å². The minimum atomic E-state index is -0.372. The lowest BCUT2D eigenvalue weighted by Crippen LogP contribution is -2.02. The van der Waals surface area contributed by atoms with E-state index in [2.05, 4.69) is 9.97 Å². The van der Waals surface area contributed by atoms with Gasteiger partial charge in [0, 0.05) is 6.20 Å². The SMILES string of the molecule is Cc1c(-c2ccnc(N)n2)c(C)n(-c2ccccc2)c1[N+](=O)[O-]. The zero-order valence-corrected chi connectivity index (χ0v) is 12.7. The first-order valence-electron chi connectivity index (χ1n) is 7.01. The maximum Gasteiger partial charge on any atom is 0.331 e. The molecule has 23 heavy (non-hydrogen) atoms. The molecule has 0 atom stereocenters. The monoisotopic (exact) mass is 309 g/mol. The first kappa shape index (κ1) is 14.7. The number of aromatic nitrogens is 3. The molecule has 2 N–H and O–H groups in total. The summed E-state index contributed by atoms with van der Waals surface area (Å²) < 4.78 is 1.63. The van der Waals surface area contributed by atoms with E-state index in [-0.39, 0.29) is 16.7 Å². The standard InChI is InChI=1S/C16H15N5O2/c1-10-14(13-8-9-18-16(17)19-13)11(2)20(15(10)21(22)23)12-6-4-3-5-7-12/h3-9H,1-2H3,(H2,17,18,19). The van der Waals surface area contributed by atoms with Gasteiger partial charge in [0.25, 0.3) is 0 Å². The van der Waals surface area contributed by atoms with E-state index >= 15 is 0 Å². The summed E-state index contributed by atoms with van der Waals surface area (Å²) in [5.74, 6) is 0.164. The van der Waals surface area contributed by atoms with Crippen molar-refractivity contribution in [2.24, 2.45) is 0 Å². The summed E-state index contributed by atoms with van der Waals surface area (Å²) in [6, 6.07) is 10.9. The number of nitro groups is 1.